The number of aromatic nitrogens is 5. The molecule has 5 rings (SSSR count). The third kappa shape index (κ3) is 8.30. The van der Waals surface area contributed by atoms with Gasteiger partial charge in [0.05, 0.1) is 54.3 Å². The van der Waals surface area contributed by atoms with Gasteiger partial charge in [0.15, 0.2) is 17.5 Å². The number of nitrogens with zero attached hydrogens (tertiary/aromatic N) is 6. The number of anilines is 3. The molecule has 0 aliphatic heterocycles. The zero-order chi connectivity index (χ0) is 32.0. The van der Waals surface area contributed by atoms with Gasteiger partial charge in [0.25, 0.3) is 0 Å². The van der Waals surface area contributed by atoms with Crippen molar-refractivity contribution in [2.45, 2.75) is 77.4 Å². The van der Waals surface area contributed by atoms with Crippen molar-refractivity contribution >= 4 is 23.4 Å². The molecule has 1 saturated carbocycles. The van der Waals surface area contributed by atoms with Crippen molar-refractivity contribution in [3.05, 3.63) is 83.7 Å². The molecule has 4 aromatic rings. The highest BCUT2D eigenvalue weighted by Crippen LogP contribution is 2.29. The molecule has 12 nitrogen and oxygen atoms in total. The number of hydrogen-bond acceptors (Lipinski definition) is 10. The highest BCUT2D eigenvalue weighted by Gasteiger charge is 2.34. The van der Waals surface area contributed by atoms with E-state index in [2.05, 4.69) is 36.1 Å². The number of hydrogen-bond donors (Lipinski definition) is 3. The second kappa shape index (κ2) is 13.7. The van der Waals surface area contributed by atoms with E-state index in [1.165, 1.54) is 4.80 Å². The fraction of sp³-hybridized carbons (Fsp3) is 0.375. The largest absolute Gasteiger partial charge is 0.444 e. The number of rotatable bonds is 9. The van der Waals surface area contributed by atoms with Gasteiger partial charge < -0.3 is 25.4 Å². The Morgan fingerprint density at radius 3 is 2.58 bits per heavy atom. The number of ether oxygens (including phenoxy) is 2. The summed E-state index contributed by atoms with van der Waals surface area (Å²) in [5.74, 6) is -0.614. The number of amides is 1. The van der Waals surface area contributed by atoms with Crippen molar-refractivity contribution < 1.29 is 18.7 Å². The smallest absolute Gasteiger partial charge is 0.407 e. The van der Waals surface area contributed by atoms with Gasteiger partial charge in [-0.05, 0) is 64.7 Å². The SMILES string of the molecule is Cc1ncc(Nc2nc(NC3CCC(OCc4ccccc4)CC3NC(=O)OC(C)(C)C)c(F)cc2C#N)cc1-n1nccn1. The molecule has 1 fully saturated rings. The monoisotopic (exact) mass is 613 g/mol. The summed E-state index contributed by atoms with van der Waals surface area (Å²) in [5.41, 5.74) is 2.21. The van der Waals surface area contributed by atoms with Crippen LogP contribution in [0.2, 0.25) is 0 Å². The summed E-state index contributed by atoms with van der Waals surface area (Å²) in [5, 5.41) is 27.3. The number of carbonyl (C=O) groups excluding carboxylic acids is 1. The molecule has 45 heavy (non-hydrogen) atoms. The minimum atomic E-state index is -0.695. The summed E-state index contributed by atoms with van der Waals surface area (Å²) >= 11 is 0. The van der Waals surface area contributed by atoms with E-state index in [-0.39, 0.29) is 23.3 Å². The molecule has 13 heteroatoms. The number of nitrogens with one attached hydrogen (secondary N) is 3. The maximum Gasteiger partial charge on any atom is 0.407 e. The van der Waals surface area contributed by atoms with Crippen molar-refractivity contribution in [2.24, 2.45) is 0 Å². The molecule has 0 spiro atoms. The minimum Gasteiger partial charge on any atom is -0.444 e. The van der Waals surface area contributed by atoms with Crippen LogP contribution in [0.4, 0.5) is 26.5 Å². The van der Waals surface area contributed by atoms with Crippen LogP contribution < -0.4 is 16.0 Å². The number of nitriles is 1. The van der Waals surface area contributed by atoms with Gasteiger partial charge in [-0.1, -0.05) is 30.3 Å². The Kier molecular flexibility index (Phi) is 9.53. The first-order valence-electron chi connectivity index (χ1n) is 14.7. The third-order valence-corrected chi connectivity index (χ3v) is 7.21. The van der Waals surface area contributed by atoms with Gasteiger partial charge in [-0.25, -0.2) is 14.2 Å². The highest BCUT2D eigenvalue weighted by atomic mass is 19.1. The number of benzene rings is 1. The fourth-order valence-electron chi connectivity index (χ4n) is 5.08. The molecule has 0 radical (unpaired) electrons. The summed E-state index contributed by atoms with van der Waals surface area (Å²) in [6.45, 7) is 7.63. The lowest BCUT2D eigenvalue weighted by atomic mass is 9.88. The quantitative estimate of drug-likeness (QED) is 0.219. The molecule has 1 aliphatic rings. The molecule has 3 atom stereocenters. The van der Waals surface area contributed by atoms with Gasteiger partial charge in [0, 0.05) is 6.04 Å². The van der Waals surface area contributed by atoms with Gasteiger partial charge in [-0.2, -0.15) is 15.5 Å². The molecule has 3 unspecified atom stereocenters. The van der Waals surface area contributed by atoms with Crippen molar-refractivity contribution in [2.75, 3.05) is 10.6 Å². The lowest BCUT2D eigenvalue weighted by Gasteiger charge is -2.37. The first-order valence-corrected chi connectivity index (χ1v) is 14.7. The second-order valence-corrected chi connectivity index (χ2v) is 11.8. The summed E-state index contributed by atoms with van der Waals surface area (Å²) in [6, 6.07) is 13.9. The first kappa shape index (κ1) is 31.3. The highest BCUT2D eigenvalue weighted by molar-refractivity contribution is 5.69. The standard InChI is InChI=1S/C32H36FN9O3/c1-20-28(42-36-12-13-37-42)15-23(18-35-20)38-29-22(17-34)14-25(33)30(41-29)39-26-11-10-24(44-19-21-8-6-5-7-9-21)16-27(26)40-31(43)45-32(2,3)4/h5-9,12-15,18,24,26-27H,10-11,16,19H2,1-4H3,(H,40,43)(H2,38,39,41). The van der Waals surface area contributed by atoms with Crippen molar-refractivity contribution in [3.8, 4) is 11.8 Å². The van der Waals surface area contributed by atoms with Gasteiger partial charge in [0.1, 0.15) is 17.4 Å². The van der Waals surface area contributed by atoms with E-state index in [0.717, 1.165) is 11.6 Å². The van der Waals surface area contributed by atoms with Crippen molar-refractivity contribution in [1.29, 1.82) is 5.26 Å². The Hall–Kier alpha value is -5.09. The maximum atomic E-state index is 15.3. The van der Waals surface area contributed by atoms with Crippen LogP contribution in [0.3, 0.4) is 0 Å². The molecule has 0 bridgehead atoms. The molecule has 1 aromatic carbocycles. The van der Waals surface area contributed by atoms with Gasteiger partial charge in [-0.15, -0.1) is 4.80 Å². The van der Waals surface area contributed by atoms with Crippen molar-refractivity contribution in [1.82, 2.24) is 30.3 Å². The number of halogens is 1. The zero-order valence-electron chi connectivity index (χ0n) is 25.6. The van der Waals surface area contributed by atoms with Crippen LogP contribution in [0, 0.1) is 24.1 Å². The van der Waals surface area contributed by atoms with Crippen LogP contribution in [-0.4, -0.2) is 54.8 Å². The van der Waals surface area contributed by atoms with Gasteiger partial charge in [0.2, 0.25) is 0 Å². The van der Waals surface area contributed by atoms with E-state index in [0.29, 0.717) is 42.9 Å². The van der Waals surface area contributed by atoms with Crippen LogP contribution in [0.5, 0.6) is 0 Å². The maximum absolute atomic E-state index is 15.3. The Bertz CT molecular complexity index is 1650. The van der Waals surface area contributed by atoms with Gasteiger partial charge in [-0.3, -0.25) is 4.98 Å². The number of aryl methyl sites for hydroxylation is 1. The van der Waals surface area contributed by atoms with Crippen LogP contribution in [0.1, 0.15) is 56.9 Å². The predicted molar refractivity (Wildman–Crippen MR) is 166 cm³/mol. The number of pyridine rings is 2. The molecule has 234 valence electrons. The van der Waals surface area contributed by atoms with E-state index in [9.17, 15) is 10.1 Å². The lowest BCUT2D eigenvalue weighted by molar-refractivity contribution is 0.00255. The number of carbonyl (C=O) groups is 1. The van der Waals surface area contributed by atoms with E-state index in [1.807, 2.05) is 43.3 Å². The Morgan fingerprint density at radius 1 is 1.11 bits per heavy atom. The summed E-state index contributed by atoms with van der Waals surface area (Å²) in [4.78, 5) is 23.1. The van der Waals surface area contributed by atoms with Crippen LogP contribution in [-0.2, 0) is 16.1 Å². The third-order valence-electron chi connectivity index (χ3n) is 7.21. The Labute approximate surface area is 261 Å². The average molecular weight is 614 g/mol. The lowest BCUT2D eigenvalue weighted by Crippen LogP contribution is -2.52. The second-order valence-electron chi connectivity index (χ2n) is 11.8. The first-order chi connectivity index (χ1) is 21.6. The summed E-state index contributed by atoms with van der Waals surface area (Å²) < 4.78 is 27.0. The summed E-state index contributed by atoms with van der Waals surface area (Å²) in [6.07, 6.45) is 5.71. The molecular weight excluding hydrogens is 577 g/mol. The topological polar surface area (TPSA) is 152 Å². The predicted octanol–water partition coefficient (Wildman–Crippen LogP) is 5.56. The van der Waals surface area contributed by atoms with Crippen molar-refractivity contribution in [3.63, 3.8) is 0 Å². The van der Waals surface area contributed by atoms with E-state index >= 15 is 4.39 Å². The summed E-state index contributed by atoms with van der Waals surface area (Å²) in [7, 11) is 0. The molecule has 3 N–H and O–H groups in total. The van der Waals surface area contributed by atoms with Crippen LogP contribution in [0.15, 0.2) is 61.1 Å². The Balaban J connectivity index is 1.35. The molecule has 1 amide bonds. The fourth-order valence-corrected chi connectivity index (χ4v) is 5.08. The molecule has 3 heterocycles. The molecule has 1 aliphatic carbocycles. The Morgan fingerprint density at radius 2 is 1.87 bits per heavy atom. The van der Waals surface area contributed by atoms with Gasteiger partial charge >= 0.3 is 6.09 Å². The van der Waals surface area contributed by atoms with Crippen LogP contribution in [0.25, 0.3) is 5.69 Å². The molecule has 3 aromatic heterocycles. The zero-order valence-corrected chi connectivity index (χ0v) is 25.6. The van der Waals surface area contributed by atoms with E-state index in [4.69, 9.17) is 9.47 Å². The molecule has 0 saturated heterocycles. The van der Waals surface area contributed by atoms with Crippen LogP contribution >= 0.6 is 0 Å². The number of alkyl carbamates (subject to hydrolysis) is 1. The van der Waals surface area contributed by atoms with E-state index < -0.39 is 29.6 Å². The molecular formula is C32H36FN9O3. The van der Waals surface area contributed by atoms with E-state index in [1.54, 1.807) is 45.4 Å². The minimum absolute atomic E-state index is 0.0128. The normalized spacial score (nSPS) is 18.1. The average Bonchev–Trinajstić information content (AvgIpc) is 3.54.